The maximum atomic E-state index is 5.82. The molecule has 2 N–H and O–H groups in total. The van der Waals surface area contributed by atoms with Crippen molar-refractivity contribution in [3.8, 4) is 11.4 Å². The average molecular weight is 255 g/mol. The standard InChI is InChI=1S/C16H21N3/c1-10-6-7-12(16(3,4)5)9-13(10)15-18-11(2)8-14(17)19-15/h6-9H,1-5H3,(H2,17,18,19). The first-order valence-electron chi connectivity index (χ1n) is 6.50. The molecule has 0 fully saturated rings. The van der Waals surface area contributed by atoms with Gasteiger partial charge in [0.2, 0.25) is 0 Å². The Bertz CT molecular complexity index is 590. The second kappa shape index (κ2) is 4.65. The SMILES string of the molecule is Cc1cc(N)nc(-c2cc(C(C)(C)C)ccc2C)n1. The van der Waals surface area contributed by atoms with Crippen molar-refractivity contribution in [3.63, 3.8) is 0 Å². The maximum Gasteiger partial charge on any atom is 0.162 e. The summed E-state index contributed by atoms with van der Waals surface area (Å²) in [7, 11) is 0. The van der Waals surface area contributed by atoms with E-state index in [1.165, 1.54) is 5.56 Å². The molecule has 0 aliphatic heterocycles. The fraction of sp³-hybridized carbons (Fsp3) is 0.375. The van der Waals surface area contributed by atoms with Crippen LogP contribution in [0, 0.1) is 13.8 Å². The molecule has 3 heteroatoms. The molecule has 0 unspecified atom stereocenters. The van der Waals surface area contributed by atoms with Crippen LogP contribution in [0.1, 0.15) is 37.6 Å². The number of aromatic nitrogens is 2. The Morgan fingerprint density at radius 3 is 2.26 bits per heavy atom. The van der Waals surface area contributed by atoms with Gasteiger partial charge in [-0.3, -0.25) is 0 Å². The minimum Gasteiger partial charge on any atom is -0.384 e. The van der Waals surface area contributed by atoms with Crippen LogP contribution in [0.3, 0.4) is 0 Å². The smallest absolute Gasteiger partial charge is 0.162 e. The van der Waals surface area contributed by atoms with E-state index in [4.69, 9.17) is 5.73 Å². The molecule has 0 atom stereocenters. The van der Waals surface area contributed by atoms with Crippen molar-refractivity contribution < 1.29 is 0 Å². The van der Waals surface area contributed by atoms with Gasteiger partial charge < -0.3 is 5.73 Å². The highest BCUT2D eigenvalue weighted by Gasteiger charge is 2.16. The molecule has 2 rings (SSSR count). The number of rotatable bonds is 1. The fourth-order valence-electron chi connectivity index (χ4n) is 2.04. The Balaban J connectivity index is 2.61. The van der Waals surface area contributed by atoms with E-state index in [0.29, 0.717) is 11.6 Å². The van der Waals surface area contributed by atoms with Gasteiger partial charge >= 0.3 is 0 Å². The van der Waals surface area contributed by atoms with Gasteiger partial charge in [0, 0.05) is 17.3 Å². The van der Waals surface area contributed by atoms with Crippen molar-refractivity contribution in [1.82, 2.24) is 9.97 Å². The first-order valence-corrected chi connectivity index (χ1v) is 6.50. The summed E-state index contributed by atoms with van der Waals surface area (Å²) in [5.74, 6) is 1.23. The van der Waals surface area contributed by atoms with E-state index in [9.17, 15) is 0 Å². The summed E-state index contributed by atoms with van der Waals surface area (Å²) in [6.45, 7) is 10.6. The number of nitrogen functional groups attached to an aromatic ring is 1. The highest BCUT2D eigenvalue weighted by Crippen LogP contribution is 2.29. The summed E-state index contributed by atoms with van der Waals surface area (Å²) in [5.41, 5.74) is 10.3. The molecule has 1 aromatic heterocycles. The van der Waals surface area contributed by atoms with Crippen LogP contribution in [-0.4, -0.2) is 9.97 Å². The van der Waals surface area contributed by atoms with Gasteiger partial charge in [0.25, 0.3) is 0 Å². The van der Waals surface area contributed by atoms with Gasteiger partial charge in [-0.25, -0.2) is 9.97 Å². The number of nitrogens with zero attached hydrogens (tertiary/aromatic N) is 2. The van der Waals surface area contributed by atoms with E-state index in [2.05, 4.69) is 55.9 Å². The molecular formula is C16H21N3. The van der Waals surface area contributed by atoms with Crippen LogP contribution in [0.15, 0.2) is 24.3 Å². The lowest BCUT2D eigenvalue weighted by molar-refractivity contribution is 0.590. The van der Waals surface area contributed by atoms with E-state index in [1.54, 1.807) is 6.07 Å². The number of hydrogen-bond donors (Lipinski definition) is 1. The van der Waals surface area contributed by atoms with Crippen LogP contribution < -0.4 is 5.73 Å². The first-order chi connectivity index (χ1) is 8.77. The summed E-state index contributed by atoms with van der Waals surface area (Å²) in [5, 5.41) is 0. The Kier molecular flexibility index (Phi) is 3.31. The summed E-state index contributed by atoms with van der Waals surface area (Å²) in [6, 6.07) is 8.24. The second-order valence-corrected chi connectivity index (χ2v) is 6.04. The molecule has 1 heterocycles. The summed E-state index contributed by atoms with van der Waals surface area (Å²) in [4.78, 5) is 8.85. The first kappa shape index (κ1) is 13.5. The van der Waals surface area contributed by atoms with Crippen molar-refractivity contribution in [3.05, 3.63) is 41.1 Å². The molecule has 0 spiro atoms. The molecule has 2 aromatic rings. The van der Waals surface area contributed by atoms with E-state index in [-0.39, 0.29) is 5.41 Å². The predicted octanol–water partition coefficient (Wildman–Crippen LogP) is 3.64. The van der Waals surface area contributed by atoms with E-state index in [1.807, 2.05) is 6.92 Å². The molecule has 3 nitrogen and oxygen atoms in total. The molecule has 0 saturated carbocycles. The Morgan fingerprint density at radius 2 is 1.68 bits per heavy atom. The lowest BCUT2D eigenvalue weighted by Gasteiger charge is -2.20. The van der Waals surface area contributed by atoms with Crippen LogP contribution in [0.5, 0.6) is 0 Å². The van der Waals surface area contributed by atoms with Crippen molar-refractivity contribution >= 4 is 5.82 Å². The van der Waals surface area contributed by atoms with Crippen LogP contribution in [0.25, 0.3) is 11.4 Å². The molecule has 1 aromatic carbocycles. The third kappa shape index (κ3) is 2.92. The fourth-order valence-corrected chi connectivity index (χ4v) is 2.04. The zero-order chi connectivity index (χ0) is 14.2. The molecule has 19 heavy (non-hydrogen) atoms. The van der Waals surface area contributed by atoms with Gasteiger partial charge in [-0.2, -0.15) is 0 Å². The Labute approximate surface area is 114 Å². The highest BCUT2D eigenvalue weighted by atomic mass is 14.9. The number of aryl methyl sites for hydroxylation is 2. The molecular weight excluding hydrogens is 234 g/mol. The van der Waals surface area contributed by atoms with E-state index >= 15 is 0 Å². The molecule has 0 amide bonds. The average Bonchev–Trinajstić information content (AvgIpc) is 2.26. The van der Waals surface area contributed by atoms with E-state index < -0.39 is 0 Å². The zero-order valence-corrected chi connectivity index (χ0v) is 12.3. The lowest BCUT2D eigenvalue weighted by atomic mass is 9.85. The summed E-state index contributed by atoms with van der Waals surface area (Å²) >= 11 is 0. The van der Waals surface area contributed by atoms with Crippen molar-refractivity contribution in [2.45, 2.75) is 40.0 Å². The second-order valence-electron chi connectivity index (χ2n) is 6.04. The lowest BCUT2D eigenvalue weighted by Crippen LogP contribution is -2.11. The van der Waals surface area contributed by atoms with Crippen LogP contribution in [0.2, 0.25) is 0 Å². The molecule has 0 aliphatic rings. The summed E-state index contributed by atoms with van der Waals surface area (Å²) < 4.78 is 0. The van der Waals surface area contributed by atoms with Crippen LogP contribution >= 0.6 is 0 Å². The van der Waals surface area contributed by atoms with Gasteiger partial charge in [0.1, 0.15) is 5.82 Å². The molecule has 0 saturated heterocycles. The van der Waals surface area contributed by atoms with Crippen molar-refractivity contribution in [2.75, 3.05) is 5.73 Å². The van der Waals surface area contributed by atoms with Gasteiger partial charge in [0.15, 0.2) is 5.82 Å². The molecule has 0 aliphatic carbocycles. The highest BCUT2D eigenvalue weighted by molar-refractivity contribution is 5.63. The maximum absolute atomic E-state index is 5.82. The van der Waals surface area contributed by atoms with Crippen molar-refractivity contribution in [2.24, 2.45) is 0 Å². The monoisotopic (exact) mass is 255 g/mol. The zero-order valence-electron chi connectivity index (χ0n) is 12.3. The largest absolute Gasteiger partial charge is 0.384 e. The van der Waals surface area contributed by atoms with E-state index in [0.717, 1.165) is 16.8 Å². The summed E-state index contributed by atoms with van der Waals surface area (Å²) in [6.07, 6.45) is 0. The quantitative estimate of drug-likeness (QED) is 0.846. The van der Waals surface area contributed by atoms with Crippen LogP contribution in [0.4, 0.5) is 5.82 Å². The Morgan fingerprint density at radius 1 is 1.00 bits per heavy atom. The van der Waals surface area contributed by atoms with Gasteiger partial charge in [0.05, 0.1) is 0 Å². The number of nitrogens with two attached hydrogens (primary N) is 1. The minimum atomic E-state index is 0.109. The topological polar surface area (TPSA) is 51.8 Å². The normalized spacial score (nSPS) is 11.6. The van der Waals surface area contributed by atoms with Crippen LogP contribution in [-0.2, 0) is 5.41 Å². The molecule has 0 bridgehead atoms. The minimum absolute atomic E-state index is 0.109. The molecule has 0 radical (unpaired) electrons. The number of hydrogen-bond acceptors (Lipinski definition) is 3. The number of benzene rings is 1. The molecule has 100 valence electrons. The predicted molar refractivity (Wildman–Crippen MR) is 80.1 cm³/mol. The third-order valence-corrected chi connectivity index (χ3v) is 3.22. The number of anilines is 1. The third-order valence-electron chi connectivity index (χ3n) is 3.22. The van der Waals surface area contributed by atoms with Gasteiger partial charge in [-0.15, -0.1) is 0 Å². The van der Waals surface area contributed by atoms with Gasteiger partial charge in [-0.1, -0.05) is 32.9 Å². The van der Waals surface area contributed by atoms with Gasteiger partial charge in [-0.05, 0) is 36.5 Å². The Hall–Kier alpha value is -1.90. The van der Waals surface area contributed by atoms with Crippen molar-refractivity contribution in [1.29, 1.82) is 0 Å².